The van der Waals surface area contributed by atoms with Crippen molar-refractivity contribution in [1.29, 1.82) is 0 Å². The number of benzene rings is 2. The van der Waals surface area contributed by atoms with Crippen LogP contribution in [0.15, 0.2) is 86.0 Å². The Labute approximate surface area is 303 Å². The SMILES string of the molecule is C=CCCC(=O)NC[C@H](OC(=O)[C@H]1[C@@H]2O[C@@]3(CC2Br)[C@@H]1C(=O)N([C@H](CO)c1ccccc1)[C@@H]3C(=O)N(CC=C)C(C)CCC)c1ccccc1. The monoisotopic (exact) mass is 749 g/mol. The number of likely N-dealkylation sites (tertiary alicyclic amines) is 1. The van der Waals surface area contributed by atoms with Gasteiger partial charge in [0.05, 0.1) is 37.1 Å². The highest BCUT2D eigenvalue weighted by Gasteiger charge is 2.77. The molecule has 3 aliphatic heterocycles. The summed E-state index contributed by atoms with van der Waals surface area (Å²) in [5.74, 6) is -3.68. The summed E-state index contributed by atoms with van der Waals surface area (Å²) in [6.45, 7) is 11.4. The highest BCUT2D eigenvalue weighted by atomic mass is 79.9. The van der Waals surface area contributed by atoms with Crippen molar-refractivity contribution in [1.82, 2.24) is 15.1 Å². The molecule has 0 aliphatic carbocycles. The van der Waals surface area contributed by atoms with Gasteiger partial charge in [0.15, 0.2) is 0 Å². The predicted molar refractivity (Wildman–Crippen MR) is 193 cm³/mol. The lowest BCUT2D eigenvalue weighted by molar-refractivity contribution is -0.161. The number of esters is 1. The Bertz CT molecular complexity index is 1540. The van der Waals surface area contributed by atoms with Gasteiger partial charge in [0.1, 0.15) is 17.7 Å². The van der Waals surface area contributed by atoms with Gasteiger partial charge in [-0.05, 0) is 37.3 Å². The standard InChI is InChI=1S/C39H48BrN3O7/c1-5-8-20-31(45)41-23-30(27-18-13-10-14-19-27)49-38(48)32-33-36(46)43(29(24-44)26-16-11-9-12-17-26)35(39(33)22-28(40)34(32)50-39)37(47)42(21-7-3)25(4)15-6-2/h5,7,9-14,16-19,25,28-30,32-35,44H,1,3,6,8,15,20-24H2,2,4H3,(H,41,45)/t25?,28?,29-,30+,32-,33+,34-,35-,39+/m1/s1. The molecule has 0 saturated carbocycles. The van der Waals surface area contributed by atoms with Gasteiger partial charge in [-0.15, -0.1) is 13.2 Å². The van der Waals surface area contributed by atoms with Crippen LogP contribution in [-0.4, -0.2) is 86.9 Å². The molecule has 3 fully saturated rings. The molecule has 0 aromatic heterocycles. The second-order valence-electron chi connectivity index (χ2n) is 13.4. The first-order valence-electron chi connectivity index (χ1n) is 17.5. The number of aliphatic hydroxyl groups excluding tert-OH is 1. The van der Waals surface area contributed by atoms with Crippen molar-refractivity contribution in [2.45, 2.75) is 86.7 Å². The largest absolute Gasteiger partial charge is 0.455 e. The Kier molecular flexibility index (Phi) is 12.3. The van der Waals surface area contributed by atoms with E-state index in [1.165, 1.54) is 4.90 Å². The Morgan fingerprint density at radius 1 is 1.12 bits per heavy atom. The first-order chi connectivity index (χ1) is 24.1. The van der Waals surface area contributed by atoms with E-state index in [4.69, 9.17) is 9.47 Å². The maximum Gasteiger partial charge on any atom is 0.313 e. The number of nitrogens with one attached hydrogen (secondary N) is 1. The highest BCUT2D eigenvalue weighted by molar-refractivity contribution is 9.09. The van der Waals surface area contributed by atoms with Crippen molar-refractivity contribution >= 4 is 39.6 Å². The molecular formula is C39H48BrN3O7. The van der Waals surface area contributed by atoms with Gasteiger partial charge in [0, 0.05) is 23.8 Å². The van der Waals surface area contributed by atoms with Crippen LogP contribution < -0.4 is 5.32 Å². The number of halogens is 1. The van der Waals surface area contributed by atoms with E-state index in [0.29, 0.717) is 24.0 Å². The molecule has 11 heteroatoms. The molecule has 2 unspecified atom stereocenters. The summed E-state index contributed by atoms with van der Waals surface area (Å²) in [7, 11) is 0. The molecule has 268 valence electrons. The van der Waals surface area contributed by atoms with Crippen LogP contribution in [0, 0.1) is 11.8 Å². The summed E-state index contributed by atoms with van der Waals surface area (Å²) in [6, 6.07) is 16.1. The van der Waals surface area contributed by atoms with E-state index < -0.39 is 60.2 Å². The average molecular weight is 751 g/mol. The lowest BCUT2D eigenvalue weighted by Gasteiger charge is -2.41. The van der Waals surface area contributed by atoms with Crippen molar-refractivity contribution in [3.8, 4) is 0 Å². The third kappa shape index (κ3) is 7.18. The smallest absolute Gasteiger partial charge is 0.313 e. The van der Waals surface area contributed by atoms with Gasteiger partial charge in [-0.2, -0.15) is 0 Å². The zero-order valence-corrected chi connectivity index (χ0v) is 30.4. The van der Waals surface area contributed by atoms with Crippen LogP contribution in [0.3, 0.4) is 0 Å². The van der Waals surface area contributed by atoms with Crippen LogP contribution in [0.5, 0.6) is 0 Å². The number of rotatable bonds is 17. The molecule has 3 saturated heterocycles. The lowest BCUT2D eigenvalue weighted by atomic mass is 9.70. The van der Waals surface area contributed by atoms with E-state index in [1.807, 2.05) is 74.5 Å². The van der Waals surface area contributed by atoms with Gasteiger partial charge in [-0.1, -0.05) is 102 Å². The number of nitrogens with zero attached hydrogens (tertiary/aromatic N) is 2. The van der Waals surface area contributed by atoms with Crippen LogP contribution in [0.1, 0.15) is 69.2 Å². The van der Waals surface area contributed by atoms with Gasteiger partial charge in [0.25, 0.3) is 0 Å². The number of alkyl halides is 1. The minimum Gasteiger partial charge on any atom is -0.455 e. The fourth-order valence-corrected chi connectivity index (χ4v) is 8.92. The van der Waals surface area contributed by atoms with Crippen molar-refractivity contribution in [3.63, 3.8) is 0 Å². The molecule has 3 amide bonds. The predicted octanol–water partition coefficient (Wildman–Crippen LogP) is 5.04. The van der Waals surface area contributed by atoms with Gasteiger partial charge in [-0.3, -0.25) is 19.2 Å². The number of carbonyl (C=O) groups is 4. The summed E-state index contributed by atoms with van der Waals surface area (Å²) in [6.07, 6.45) is 4.41. The number of hydrogen-bond acceptors (Lipinski definition) is 7. The average Bonchev–Trinajstić information content (AvgIpc) is 3.72. The Balaban J connectivity index is 1.54. The molecule has 9 atom stereocenters. The van der Waals surface area contributed by atoms with E-state index in [0.717, 1.165) is 12.8 Å². The molecule has 2 N–H and O–H groups in total. The summed E-state index contributed by atoms with van der Waals surface area (Å²) in [5.41, 5.74) is -0.0125. The van der Waals surface area contributed by atoms with Crippen LogP contribution >= 0.6 is 15.9 Å². The van der Waals surface area contributed by atoms with Crippen LogP contribution in [0.25, 0.3) is 0 Å². The first kappa shape index (κ1) is 37.5. The molecule has 10 nitrogen and oxygen atoms in total. The number of hydrogen-bond donors (Lipinski definition) is 2. The quantitative estimate of drug-likeness (QED) is 0.132. The van der Waals surface area contributed by atoms with Crippen molar-refractivity contribution < 1.29 is 33.8 Å². The third-order valence-electron chi connectivity index (χ3n) is 10.3. The molecule has 2 bridgehead atoms. The van der Waals surface area contributed by atoms with Crippen LogP contribution in [-0.2, 0) is 28.7 Å². The first-order valence-corrected chi connectivity index (χ1v) is 18.4. The minimum atomic E-state index is -1.36. The Morgan fingerprint density at radius 2 is 1.78 bits per heavy atom. The minimum absolute atomic E-state index is 0.0329. The van der Waals surface area contributed by atoms with E-state index in [1.54, 1.807) is 17.1 Å². The molecule has 2 aromatic rings. The van der Waals surface area contributed by atoms with E-state index in [9.17, 15) is 24.3 Å². The van der Waals surface area contributed by atoms with Gasteiger partial charge >= 0.3 is 5.97 Å². The van der Waals surface area contributed by atoms with Gasteiger partial charge in [0.2, 0.25) is 17.7 Å². The highest BCUT2D eigenvalue weighted by Crippen LogP contribution is 2.61. The fraction of sp³-hybridized carbons (Fsp3) is 0.487. The van der Waals surface area contributed by atoms with Gasteiger partial charge in [-0.25, -0.2) is 0 Å². The molecule has 3 heterocycles. The van der Waals surface area contributed by atoms with Crippen LogP contribution in [0.2, 0.25) is 0 Å². The number of fused-ring (bicyclic) bond motifs is 1. The summed E-state index contributed by atoms with van der Waals surface area (Å²) in [4.78, 5) is 59.6. The maximum atomic E-state index is 14.9. The Hall–Kier alpha value is -3.80. The normalized spacial score (nSPS) is 26.8. The topological polar surface area (TPSA) is 125 Å². The number of amides is 3. The van der Waals surface area contributed by atoms with Crippen LogP contribution in [0.4, 0.5) is 0 Å². The number of ether oxygens (including phenoxy) is 2. The molecule has 0 radical (unpaired) electrons. The molecule has 2 aromatic carbocycles. The Morgan fingerprint density at radius 3 is 2.38 bits per heavy atom. The second kappa shape index (κ2) is 16.5. The summed E-state index contributed by atoms with van der Waals surface area (Å²) in [5, 5.41) is 13.7. The molecule has 5 rings (SSSR count). The maximum absolute atomic E-state index is 14.9. The van der Waals surface area contributed by atoms with Gasteiger partial charge < -0.3 is 29.7 Å². The van der Waals surface area contributed by atoms with E-state index >= 15 is 0 Å². The van der Waals surface area contributed by atoms with Crippen molar-refractivity contribution in [2.75, 3.05) is 19.7 Å². The van der Waals surface area contributed by atoms with E-state index in [2.05, 4.69) is 34.4 Å². The van der Waals surface area contributed by atoms with E-state index in [-0.39, 0.29) is 42.2 Å². The molecule has 1 spiro atoms. The number of allylic oxidation sites excluding steroid dienone is 1. The lowest BCUT2D eigenvalue weighted by Crippen LogP contribution is -2.58. The summed E-state index contributed by atoms with van der Waals surface area (Å²) >= 11 is 3.74. The zero-order chi connectivity index (χ0) is 36.0. The zero-order valence-electron chi connectivity index (χ0n) is 28.8. The second-order valence-corrected chi connectivity index (χ2v) is 14.6. The van der Waals surface area contributed by atoms with Crippen molar-refractivity contribution in [3.05, 3.63) is 97.1 Å². The third-order valence-corrected chi connectivity index (χ3v) is 11.1. The van der Waals surface area contributed by atoms with Crippen molar-refractivity contribution in [2.24, 2.45) is 11.8 Å². The summed E-state index contributed by atoms with van der Waals surface area (Å²) < 4.78 is 12.9. The molecule has 3 aliphatic rings. The number of aliphatic hydroxyl groups is 1. The number of carbonyl (C=O) groups excluding carboxylic acids is 4. The fourth-order valence-electron chi connectivity index (χ4n) is 7.98. The molecule has 50 heavy (non-hydrogen) atoms. The molecular weight excluding hydrogens is 702 g/mol.